The van der Waals surface area contributed by atoms with E-state index in [2.05, 4.69) is 10.6 Å². The van der Waals surface area contributed by atoms with Crippen molar-refractivity contribution in [3.05, 3.63) is 60.2 Å². The lowest BCUT2D eigenvalue weighted by Crippen LogP contribution is -2.30. The number of hydrogen-bond acceptors (Lipinski definition) is 3. The van der Waals surface area contributed by atoms with E-state index in [0.29, 0.717) is 6.54 Å². The molecule has 21 heavy (non-hydrogen) atoms. The maximum atomic E-state index is 11.1. The van der Waals surface area contributed by atoms with Crippen molar-refractivity contribution in [2.75, 3.05) is 17.2 Å². The van der Waals surface area contributed by atoms with Gasteiger partial charge in [-0.1, -0.05) is 36.4 Å². The lowest BCUT2D eigenvalue weighted by Gasteiger charge is -2.25. The summed E-state index contributed by atoms with van der Waals surface area (Å²) in [5, 5.41) is 16.5. The van der Waals surface area contributed by atoms with E-state index in [0.717, 1.165) is 16.9 Å². The first-order valence-corrected chi connectivity index (χ1v) is 6.87. The van der Waals surface area contributed by atoms with Crippen LogP contribution in [-0.2, 0) is 10.4 Å². The highest BCUT2D eigenvalue weighted by Crippen LogP contribution is 2.22. The third-order valence-corrected chi connectivity index (χ3v) is 3.22. The molecule has 0 heterocycles. The Labute approximate surface area is 124 Å². The zero-order valence-corrected chi connectivity index (χ0v) is 12.3. The van der Waals surface area contributed by atoms with Crippen molar-refractivity contribution in [1.29, 1.82) is 0 Å². The van der Waals surface area contributed by atoms with Gasteiger partial charge >= 0.3 is 0 Å². The van der Waals surface area contributed by atoms with E-state index in [-0.39, 0.29) is 5.91 Å². The van der Waals surface area contributed by atoms with Crippen molar-refractivity contribution in [2.45, 2.75) is 19.4 Å². The van der Waals surface area contributed by atoms with Crippen molar-refractivity contribution in [3.63, 3.8) is 0 Å². The van der Waals surface area contributed by atoms with Gasteiger partial charge < -0.3 is 15.7 Å². The molecule has 0 aliphatic rings. The van der Waals surface area contributed by atoms with E-state index >= 15 is 0 Å². The van der Waals surface area contributed by atoms with Crippen molar-refractivity contribution in [3.8, 4) is 0 Å². The first kappa shape index (κ1) is 15.1. The van der Waals surface area contributed by atoms with Gasteiger partial charge in [-0.15, -0.1) is 0 Å². The summed E-state index contributed by atoms with van der Waals surface area (Å²) in [5.41, 5.74) is 1.46. The van der Waals surface area contributed by atoms with Crippen LogP contribution in [0.3, 0.4) is 0 Å². The minimum Gasteiger partial charge on any atom is -0.384 e. The minimum atomic E-state index is -0.967. The van der Waals surface area contributed by atoms with Crippen LogP contribution in [0.25, 0.3) is 0 Å². The van der Waals surface area contributed by atoms with Gasteiger partial charge in [0.15, 0.2) is 0 Å². The average Bonchev–Trinajstić information content (AvgIpc) is 2.46. The van der Waals surface area contributed by atoms with Crippen LogP contribution in [-0.4, -0.2) is 17.6 Å². The second-order valence-corrected chi connectivity index (χ2v) is 5.26. The molecular formula is C17H20N2O2. The SMILES string of the molecule is CC(=O)Nc1cccc(NCC(C)(O)c2ccccc2)c1. The molecule has 110 valence electrons. The van der Waals surface area contributed by atoms with E-state index < -0.39 is 5.60 Å². The lowest BCUT2D eigenvalue weighted by molar-refractivity contribution is -0.114. The molecule has 0 spiro atoms. The number of nitrogens with one attached hydrogen (secondary N) is 2. The molecule has 2 rings (SSSR count). The third-order valence-electron chi connectivity index (χ3n) is 3.22. The molecular weight excluding hydrogens is 264 g/mol. The predicted molar refractivity (Wildman–Crippen MR) is 85.2 cm³/mol. The van der Waals surface area contributed by atoms with Crippen molar-refractivity contribution in [1.82, 2.24) is 0 Å². The molecule has 1 unspecified atom stereocenters. The van der Waals surface area contributed by atoms with Gasteiger partial charge in [-0.05, 0) is 30.7 Å². The second-order valence-electron chi connectivity index (χ2n) is 5.26. The van der Waals surface area contributed by atoms with Crippen LogP contribution in [0.1, 0.15) is 19.4 Å². The number of carbonyl (C=O) groups excluding carboxylic acids is 1. The smallest absolute Gasteiger partial charge is 0.221 e. The highest BCUT2D eigenvalue weighted by Gasteiger charge is 2.22. The Morgan fingerprint density at radius 2 is 1.76 bits per heavy atom. The third kappa shape index (κ3) is 4.33. The second kappa shape index (κ2) is 6.41. The van der Waals surface area contributed by atoms with Gasteiger partial charge in [-0.25, -0.2) is 0 Å². The molecule has 0 aliphatic carbocycles. The molecule has 2 aromatic rings. The summed E-state index contributed by atoms with van der Waals surface area (Å²) < 4.78 is 0. The summed E-state index contributed by atoms with van der Waals surface area (Å²) in [6, 6.07) is 16.9. The fraction of sp³-hybridized carbons (Fsp3) is 0.235. The number of aliphatic hydroxyl groups is 1. The Bertz CT molecular complexity index is 609. The Hall–Kier alpha value is -2.33. The maximum absolute atomic E-state index is 11.1. The number of benzene rings is 2. The Morgan fingerprint density at radius 3 is 2.43 bits per heavy atom. The first-order chi connectivity index (χ1) is 9.97. The first-order valence-electron chi connectivity index (χ1n) is 6.87. The summed E-state index contributed by atoms with van der Waals surface area (Å²) in [4.78, 5) is 11.1. The Morgan fingerprint density at radius 1 is 1.10 bits per heavy atom. The van der Waals surface area contributed by atoms with Gasteiger partial charge in [0.05, 0.1) is 0 Å². The van der Waals surface area contributed by atoms with Gasteiger partial charge in [0.1, 0.15) is 5.60 Å². The molecule has 4 nitrogen and oxygen atoms in total. The molecule has 1 amide bonds. The maximum Gasteiger partial charge on any atom is 0.221 e. The quantitative estimate of drug-likeness (QED) is 0.791. The lowest BCUT2D eigenvalue weighted by atomic mass is 9.96. The van der Waals surface area contributed by atoms with E-state index in [1.165, 1.54) is 6.92 Å². The van der Waals surface area contributed by atoms with Gasteiger partial charge in [0.25, 0.3) is 0 Å². The fourth-order valence-electron chi connectivity index (χ4n) is 2.08. The highest BCUT2D eigenvalue weighted by molar-refractivity contribution is 5.89. The van der Waals surface area contributed by atoms with E-state index in [1.54, 1.807) is 6.92 Å². The van der Waals surface area contributed by atoms with Gasteiger partial charge in [0, 0.05) is 24.8 Å². The van der Waals surface area contributed by atoms with Crippen LogP contribution < -0.4 is 10.6 Å². The molecule has 0 fully saturated rings. The summed E-state index contributed by atoms with van der Waals surface area (Å²) in [6.45, 7) is 3.62. The summed E-state index contributed by atoms with van der Waals surface area (Å²) in [5.74, 6) is -0.108. The van der Waals surface area contributed by atoms with Gasteiger partial charge in [-0.2, -0.15) is 0 Å². The Kier molecular flexibility index (Phi) is 4.60. The molecule has 3 N–H and O–H groups in total. The van der Waals surface area contributed by atoms with E-state index in [4.69, 9.17) is 0 Å². The van der Waals surface area contributed by atoms with Crippen LogP contribution in [0.4, 0.5) is 11.4 Å². The molecule has 2 aromatic carbocycles. The van der Waals surface area contributed by atoms with Crippen LogP contribution in [0, 0.1) is 0 Å². The number of anilines is 2. The monoisotopic (exact) mass is 284 g/mol. The zero-order chi connectivity index (χ0) is 15.3. The largest absolute Gasteiger partial charge is 0.384 e. The topological polar surface area (TPSA) is 61.4 Å². The van der Waals surface area contributed by atoms with E-state index in [1.807, 2.05) is 54.6 Å². The highest BCUT2D eigenvalue weighted by atomic mass is 16.3. The molecule has 1 atom stereocenters. The summed E-state index contributed by atoms with van der Waals surface area (Å²) in [7, 11) is 0. The predicted octanol–water partition coefficient (Wildman–Crippen LogP) is 2.96. The molecule has 0 saturated heterocycles. The minimum absolute atomic E-state index is 0.108. The van der Waals surface area contributed by atoms with Gasteiger partial charge in [-0.3, -0.25) is 4.79 Å². The number of carbonyl (C=O) groups is 1. The van der Waals surface area contributed by atoms with Crippen LogP contribution in [0.15, 0.2) is 54.6 Å². The standard InChI is InChI=1S/C17H20N2O2/c1-13(20)19-16-10-6-9-15(11-16)18-12-17(2,21)14-7-4-3-5-8-14/h3-11,18,21H,12H2,1-2H3,(H,19,20). The number of hydrogen-bond donors (Lipinski definition) is 3. The molecule has 0 saturated carbocycles. The van der Waals surface area contributed by atoms with Gasteiger partial charge in [0.2, 0.25) is 5.91 Å². The molecule has 0 radical (unpaired) electrons. The van der Waals surface area contributed by atoms with Crippen LogP contribution in [0.5, 0.6) is 0 Å². The average molecular weight is 284 g/mol. The Balaban J connectivity index is 2.04. The van der Waals surface area contributed by atoms with Crippen LogP contribution >= 0.6 is 0 Å². The van der Waals surface area contributed by atoms with Crippen molar-refractivity contribution < 1.29 is 9.90 Å². The summed E-state index contributed by atoms with van der Waals surface area (Å²) in [6.07, 6.45) is 0. The summed E-state index contributed by atoms with van der Waals surface area (Å²) >= 11 is 0. The fourth-order valence-corrected chi connectivity index (χ4v) is 2.08. The number of rotatable bonds is 5. The number of amides is 1. The molecule has 0 aliphatic heterocycles. The molecule has 4 heteroatoms. The normalized spacial score (nSPS) is 13.3. The van der Waals surface area contributed by atoms with Crippen LogP contribution in [0.2, 0.25) is 0 Å². The van der Waals surface area contributed by atoms with E-state index in [9.17, 15) is 9.90 Å². The van der Waals surface area contributed by atoms with Crippen molar-refractivity contribution >= 4 is 17.3 Å². The molecule has 0 aromatic heterocycles. The zero-order valence-electron chi connectivity index (χ0n) is 12.3. The molecule has 0 bridgehead atoms. The van der Waals surface area contributed by atoms with Crippen molar-refractivity contribution in [2.24, 2.45) is 0 Å².